The minimum Gasteiger partial charge on any atom is -0.489 e. The van der Waals surface area contributed by atoms with Gasteiger partial charge in [-0.15, -0.1) is 0 Å². The van der Waals surface area contributed by atoms with E-state index in [1.54, 1.807) is 45.0 Å². The molecule has 3 aromatic rings. The summed E-state index contributed by atoms with van der Waals surface area (Å²) in [6.07, 6.45) is -2.24. The van der Waals surface area contributed by atoms with Gasteiger partial charge in [-0.25, -0.2) is 10.3 Å². The Balaban J connectivity index is 1.75. The quantitative estimate of drug-likeness (QED) is 0.346. The maximum Gasteiger partial charge on any atom is 0.410 e. The lowest BCUT2D eigenvalue weighted by Crippen LogP contribution is -2.51. The highest BCUT2D eigenvalue weighted by Gasteiger charge is 2.36. The van der Waals surface area contributed by atoms with Crippen molar-refractivity contribution in [2.75, 3.05) is 7.05 Å². The third-order valence-electron chi connectivity index (χ3n) is 5.32. The van der Waals surface area contributed by atoms with Crippen LogP contribution in [0, 0.1) is 6.92 Å². The van der Waals surface area contributed by atoms with Crippen molar-refractivity contribution in [2.24, 2.45) is 0 Å². The summed E-state index contributed by atoms with van der Waals surface area (Å²) in [7, 11) is 1.32. The highest BCUT2D eigenvalue weighted by molar-refractivity contribution is 5.85. The van der Waals surface area contributed by atoms with Gasteiger partial charge in [0.25, 0.3) is 5.91 Å². The van der Waals surface area contributed by atoms with Crippen molar-refractivity contribution < 1.29 is 29.4 Å². The van der Waals surface area contributed by atoms with Gasteiger partial charge >= 0.3 is 6.09 Å². The van der Waals surface area contributed by atoms with Crippen molar-refractivity contribution in [2.45, 2.75) is 52.0 Å². The van der Waals surface area contributed by atoms with E-state index in [0.29, 0.717) is 17.9 Å². The summed E-state index contributed by atoms with van der Waals surface area (Å²) in [4.78, 5) is 30.2. The molecular formula is C26H31N3O6. The highest BCUT2D eigenvalue weighted by Crippen LogP contribution is 2.26. The molecule has 3 N–H and O–H groups in total. The average molecular weight is 482 g/mol. The smallest absolute Gasteiger partial charge is 0.410 e. The monoisotopic (exact) mass is 481 g/mol. The number of benzene rings is 2. The van der Waals surface area contributed by atoms with Crippen LogP contribution in [0.3, 0.4) is 0 Å². The van der Waals surface area contributed by atoms with E-state index < -0.39 is 29.7 Å². The van der Waals surface area contributed by atoms with Gasteiger partial charge in [0.05, 0.1) is 5.52 Å². The van der Waals surface area contributed by atoms with Crippen LogP contribution in [0.1, 0.15) is 43.7 Å². The number of nitrogens with zero attached hydrogens (tertiary/aromatic N) is 2. The zero-order chi connectivity index (χ0) is 25.8. The predicted octanol–water partition coefficient (Wildman–Crippen LogP) is 3.90. The first-order chi connectivity index (χ1) is 16.5. The van der Waals surface area contributed by atoms with Crippen molar-refractivity contribution >= 4 is 22.9 Å². The number of ether oxygens (including phenoxy) is 2. The number of hydroxylamine groups is 1. The minimum atomic E-state index is -1.43. The number of hydrogen-bond acceptors (Lipinski definition) is 7. The van der Waals surface area contributed by atoms with Crippen LogP contribution in [0.4, 0.5) is 4.79 Å². The molecule has 0 saturated carbocycles. The number of aliphatic hydroxyl groups excluding tert-OH is 1. The Morgan fingerprint density at radius 2 is 1.77 bits per heavy atom. The number of aryl methyl sites for hydroxylation is 1. The van der Waals surface area contributed by atoms with Crippen molar-refractivity contribution in [1.29, 1.82) is 0 Å². The van der Waals surface area contributed by atoms with Gasteiger partial charge in [-0.05, 0) is 57.5 Å². The van der Waals surface area contributed by atoms with Crippen LogP contribution in [-0.2, 0) is 16.1 Å². The average Bonchev–Trinajstić information content (AvgIpc) is 2.81. The van der Waals surface area contributed by atoms with Crippen LogP contribution in [0.25, 0.3) is 10.9 Å². The van der Waals surface area contributed by atoms with Gasteiger partial charge in [0.15, 0.2) is 0 Å². The number of nitrogens with one attached hydrogen (secondary N) is 1. The topological polar surface area (TPSA) is 121 Å². The van der Waals surface area contributed by atoms with Crippen LogP contribution in [-0.4, -0.2) is 50.9 Å². The Labute approximate surface area is 204 Å². The molecule has 0 bridgehead atoms. The molecule has 1 aromatic heterocycles. The van der Waals surface area contributed by atoms with E-state index in [1.807, 2.05) is 37.3 Å². The van der Waals surface area contributed by atoms with Crippen LogP contribution in [0.2, 0.25) is 0 Å². The minimum absolute atomic E-state index is 0.322. The molecule has 2 atom stereocenters. The second-order valence-electron chi connectivity index (χ2n) is 9.25. The fraction of sp³-hybridized carbons (Fsp3) is 0.346. The van der Waals surface area contributed by atoms with E-state index in [-0.39, 0.29) is 0 Å². The number of carbonyl (C=O) groups is 2. The molecule has 9 nitrogen and oxygen atoms in total. The maximum absolute atomic E-state index is 12.5. The van der Waals surface area contributed by atoms with Gasteiger partial charge in [-0.2, -0.15) is 0 Å². The molecule has 0 aliphatic heterocycles. The summed E-state index contributed by atoms with van der Waals surface area (Å²) in [5.74, 6) is -0.394. The van der Waals surface area contributed by atoms with Gasteiger partial charge in [0.1, 0.15) is 30.1 Å². The van der Waals surface area contributed by atoms with Crippen LogP contribution in [0.15, 0.2) is 54.6 Å². The molecule has 0 spiro atoms. The molecule has 35 heavy (non-hydrogen) atoms. The van der Waals surface area contributed by atoms with Crippen molar-refractivity contribution in [3.05, 3.63) is 71.4 Å². The summed E-state index contributed by atoms with van der Waals surface area (Å²) in [6.45, 7) is 7.31. The van der Waals surface area contributed by atoms with E-state index in [0.717, 1.165) is 27.1 Å². The summed E-state index contributed by atoms with van der Waals surface area (Å²) >= 11 is 0. The Morgan fingerprint density at radius 1 is 1.11 bits per heavy atom. The lowest BCUT2D eigenvalue weighted by molar-refractivity contribution is -0.138. The second-order valence-corrected chi connectivity index (χ2v) is 9.25. The molecule has 2 unspecified atom stereocenters. The van der Waals surface area contributed by atoms with E-state index in [9.17, 15) is 14.7 Å². The normalized spacial score (nSPS) is 13.1. The van der Waals surface area contributed by atoms with Crippen LogP contribution < -0.4 is 10.2 Å². The number of rotatable bonds is 7. The molecule has 0 aliphatic rings. The molecular weight excluding hydrogens is 450 g/mol. The molecule has 0 radical (unpaired) electrons. The van der Waals surface area contributed by atoms with Gasteiger partial charge in [-0.3, -0.25) is 19.9 Å². The number of pyridine rings is 1. The van der Waals surface area contributed by atoms with Gasteiger partial charge in [0.2, 0.25) is 0 Å². The molecule has 186 valence electrons. The molecule has 3 rings (SSSR count). The van der Waals surface area contributed by atoms with Gasteiger partial charge in [0, 0.05) is 23.7 Å². The standard InChI is InChI=1S/C26H31N3O6/c1-16-14-18(20-8-6-7-9-21(20)27-16)15-34-19-12-10-17(11-13-19)23(30)22(24(31)28-33)29(5)25(32)35-26(2,3)4/h6-14,22-23,30,33H,15H2,1-5H3,(H,28,31). The first-order valence-electron chi connectivity index (χ1n) is 11.2. The number of aromatic nitrogens is 1. The fourth-order valence-electron chi connectivity index (χ4n) is 3.66. The predicted molar refractivity (Wildman–Crippen MR) is 130 cm³/mol. The van der Waals surface area contributed by atoms with E-state index in [1.165, 1.54) is 12.5 Å². The van der Waals surface area contributed by atoms with Crippen molar-refractivity contribution in [3.63, 3.8) is 0 Å². The van der Waals surface area contributed by atoms with Gasteiger partial charge in [-0.1, -0.05) is 30.3 Å². The number of amides is 2. The Morgan fingerprint density at radius 3 is 2.40 bits per heavy atom. The summed E-state index contributed by atoms with van der Waals surface area (Å²) < 4.78 is 11.2. The van der Waals surface area contributed by atoms with E-state index in [2.05, 4.69) is 4.98 Å². The van der Waals surface area contributed by atoms with Crippen molar-refractivity contribution in [1.82, 2.24) is 15.4 Å². The SMILES string of the molecule is Cc1cc(COc2ccc(C(O)C(C(=O)NO)N(C)C(=O)OC(C)(C)C)cc2)c2ccccc2n1. The maximum atomic E-state index is 12.5. The van der Waals surface area contributed by atoms with Crippen LogP contribution in [0.5, 0.6) is 5.75 Å². The number of para-hydroxylation sites is 1. The number of carbonyl (C=O) groups excluding carboxylic acids is 2. The first kappa shape index (κ1) is 25.9. The fourth-order valence-corrected chi connectivity index (χ4v) is 3.66. The molecule has 2 aromatic carbocycles. The van der Waals surface area contributed by atoms with Gasteiger partial charge < -0.3 is 14.6 Å². The van der Waals surface area contributed by atoms with Crippen LogP contribution >= 0.6 is 0 Å². The number of hydrogen-bond donors (Lipinski definition) is 3. The number of aliphatic hydroxyl groups is 1. The Bertz CT molecular complexity index is 1190. The summed E-state index contributed by atoms with van der Waals surface area (Å²) in [5.41, 5.74) is 3.84. The molecule has 0 aliphatic carbocycles. The van der Waals surface area contributed by atoms with E-state index in [4.69, 9.17) is 14.7 Å². The molecule has 2 amide bonds. The zero-order valence-corrected chi connectivity index (χ0v) is 20.5. The molecule has 0 fully saturated rings. The lowest BCUT2D eigenvalue weighted by Gasteiger charge is -2.32. The zero-order valence-electron chi connectivity index (χ0n) is 20.5. The lowest BCUT2D eigenvalue weighted by atomic mass is 10.0. The third-order valence-corrected chi connectivity index (χ3v) is 5.32. The summed E-state index contributed by atoms with van der Waals surface area (Å²) in [5, 5.41) is 21.1. The Hall–Kier alpha value is -3.69. The first-order valence-corrected chi connectivity index (χ1v) is 11.2. The number of fused-ring (bicyclic) bond motifs is 1. The molecule has 0 saturated heterocycles. The largest absolute Gasteiger partial charge is 0.489 e. The Kier molecular flexibility index (Phi) is 7.93. The molecule has 1 heterocycles. The highest BCUT2D eigenvalue weighted by atomic mass is 16.6. The van der Waals surface area contributed by atoms with E-state index >= 15 is 0 Å². The summed E-state index contributed by atoms with van der Waals surface area (Å²) in [6, 6.07) is 14.9. The third kappa shape index (κ3) is 6.46. The van der Waals surface area contributed by atoms with Crippen molar-refractivity contribution in [3.8, 4) is 5.75 Å². The second kappa shape index (κ2) is 10.7. The number of likely N-dealkylation sites (N-methyl/N-ethyl adjacent to an activating group) is 1. The molecule has 9 heteroatoms.